The molecule has 18 heavy (non-hydrogen) atoms. The molecule has 5 heteroatoms. The molecule has 1 fully saturated rings. The lowest BCUT2D eigenvalue weighted by Gasteiger charge is -2.28. The van der Waals surface area contributed by atoms with E-state index in [1.54, 1.807) is 20.8 Å². The number of hydrogen-bond acceptors (Lipinski definition) is 3. The van der Waals surface area contributed by atoms with E-state index in [0.29, 0.717) is 6.54 Å². The van der Waals surface area contributed by atoms with Crippen molar-refractivity contribution < 1.29 is 19.4 Å². The van der Waals surface area contributed by atoms with Crippen molar-refractivity contribution in [1.29, 1.82) is 0 Å². The summed E-state index contributed by atoms with van der Waals surface area (Å²) in [5.74, 6) is -0.892. The Morgan fingerprint density at radius 2 is 2.00 bits per heavy atom. The van der Waals surface area contributed by atoms with E-state index in [-0.39, 0.29) is 5.92 Å². The van der Waals surface area contributed by atoms with Crippen LogP contribution in [-0.4, -0.2) is 40.3 Å². The number of aliphatic carboxylic acids is 1. The maximum atomic E-state index is 12.0. The van der Waals surface area contributed by atoms with E-state index in [1.165, 1.54) is 4.90 Å². The second-order valence-corrected chi connectivity index (χ2v) is 5.79. The van der Waals surface area contributed by atoms with Gasteiger partial charge in [-0.3, -0.25) is 4.90 Å². The average molecular weight is 257 g/mol. The SMILES string of the molecule is CCC[C@@H]1CCN(C(=O)OC(C)(C)C)[C@@H]1C(=O)O. The number of likely N-dealkylation sites (tertiary alicyclic amines) is 1. The van der Waals surface area contributed by atoms with Crippen molar-refractivity contribution in [3.8, 4) is 0 Å². The molecule has 1 amide bonds. The minimum Gasteiger partial charge on any atom is -0.480 e. The Labute approximate surface area is 108 Å². The maximum Gasteiger partial charge on any atom is 0.411 e. The molecule has 0 aliphatic carbocycles. The molecule has 0 saturated carbocycles. The Hall–Kier alpha value is -1.26. The molecular weight excluding hydrogens is 234 g/mol. The molecular formula is C13H23NO4. The van der Waals surface area contributed by atoms with Gasteiger partial charge in [-0.1, -0.05) is 13.3 Å². The van der Waals surface area contributed by atoms with Crippen molar-refractivity contribution in [2.24, 2.45) is 5.92 Å². The van der Waals surface area contributed by atoms with Crippen LogP contribution in [0.5, 0.6) is 0 Å². The molecule has 0 bridgehead atoms. The van der Waals surface area contributed by atoms with E-state index in [0.717, 1.165) is 19.3 Å². The van der Waals surface area contributed by atoms with Crippen LogP contribution in [0.25, 0.3) is 0 Å². The molecule has 1 saturated heterocycles. The number of carbonyl (C=O) groups excluding carboxylic acids is 1. The largest absolute Gasteiger partial charge is 0.480 e. The molecule has 0 unspecified atom stereocenters. The van der Waals surface area contributed by atoms with E-state index in [9.17, 15) is 14.7 Å². The molecule has 1 heterocycles. The van der Waals surface area contributed by atoms with Crippen LogP contribution >= 0.6 is 0 Å². The molecule has 1 aliphatic rings. The summed E-state index contributed by atoms with van der Waals surface area (Å²) in [6.45, 7) is 7.83. The van der Waals surface area contributed by atoms with Crippen LogP contribution in [0.15, 0.2) is 0 Å². The van der Waals surface area contributed by atoms with Gasteiger partial charge in [0.15, 0.2) is 0 Å². The summed E-state index contributed by atoms with van der Waals surface area (Å²) in [6, 6.07) is -0.736. The zero-order valence-electron chi connectivity index (χ0n) is 11.6. The summed E-state index contributed by atoms with van der Waals surface area (Å²) in [7, 11) is 0. The highest BCUT2D eigenvalue weighted by Crippen LogP contribution is 2.29. The number of carboxylic acids is 1. The van der Waals surface area contributed by atoms with Gasteiger partial charge < -0.3 is 9.84 Å². The Morgan fingerprint density at radius 3 is 2.44 bits per heavy atom. The Kier molecular flexibility index (Phi) is 4.59. The fourth-order valence-electron chi connectivity index (χ4n) is 2.39. The Balaban J connectivity index is 2.76. The Morgan fingerprint density at radius 1 is 1.39 bits per heavy atom. The summed E-state index contributed by atoms with van der Waals surface area (Å²) in [4.78, 5) is 24.6. The summed E-state index contributed by atoms with van der Waals surface area (Å²) in [5.41, 5.74) is -0.594. The number of nitrogens with zero attached hydrogens (tertiary/aromatic N) is 1. The second kappa shape index (κ2) is 5.59. The predicted octanol–water partition coefficient (Wildman–Crippen LogP) is 2.50. The summed E-state index contributed by atoms with van der Waals surface area (Å²) in [6.07, 6.45) is 1.98. The van der Waals surface area contributed by atoms with Gasteiger partial charge in [0, 0.05) is 6.54 Å². The fourth-order valence-corrected chi connectivity index (χ4v) is 2.39. The van der Waals surface area contributed by atoms with Gasteiger partial charge in [-0.2, -0.15) is 0 Å². The highest BCUT2D eigenvalue weighted by Gasteiger charge is 2.42. The molecule has 2 atom stereocenters. The lowest BCUT2D eigenvalue weighted by molar-refractivity contribution is -0.143. The third-order valence-corrected chi connectivity index (χ3v) is 3.06. The summed E-state index contributed by atoms with van der Waals surface area (Å²) < 4.78 is 5.25. The Bertz CT molecular complexity index is 321. The van der Waals surface area contributed by atoms with Crippen LogP contribution in [0.2, 0.25) is 0 Å². The van der Waals surface area contributed by atoms with Crippen LogP contribution in [0.3, 0.4) is 0 Å². The first-order chi connectivity index (χ1) is 8.26. The first-order valence-corrected chi connectivity index (χ1v) is 6.48. The number of carboxylic acid groups (broad SMARTS) is 1. The van der Waals surface area contributed by atoms with Crippen molar-refractivity contribution in [3.05, 3.63) is 0 Å². The van der Waals surface area contributed by atoms with E-state index >= 15 is 0 Å². The van der Waals surface area contributed by atoms with Crippen LogP contribution in [0.1, 0.15) is 47.0 Å². The van der Waals surface area contributed by atoms with Crippen molar-refractivity contribution >= 4 is 12.1 Å². The van der Waals surface area contributed by atoms with Gasteiger partial charge >= 0.3 is 12.1 Å². The van der Waals surface area contributed by atoms with Crippen molar-refractivity contribution in [1.82, 2.24) is 4.90 Å². The van der Waals surface area contributed by atoms with Crippen molar-refractivity contribution in [2.75, 3.05) is 6.54 Å². The van der Waals surface area contributed by atoms with Gasteiger partial charge in [-0.05, 0) is 39.5 Å². The van der Waals surface area contributed by atoms with Gasteiger partial charge in [0.1, 0.15) is 11.6 Å². The number of ether oxygens (including phenoxy) is 1. The molecule has 0 aromatic carbocycles. The lowest BCUT2D eigenvalue weighted by Crippen LogP contribution is -2.45. The number of carbonyl (C=O) groups is 2. The van der Waals surface area contributed by atoms with E-state index in [1.807, 2.05) is 6.92 Å². The quantitative estimate of drug-likeness (QED) is 0.843. The third-order valence-electron chi connectivity index (χ3n) is 3.06. The minimum atomic E-state index is -0.934. The monoisotopic (exact) mass is 257 g/mol. The highest BCUT2D eigenvalue weighted by atomic mass is 16.6. The second-order valence-electron chi connectivity index (χ2n) is 5.79. The molecule has 104 valence electrons. The molecule has 0 aromatic heterocycles. The lowest BCUT2D eigenvalue weighted by atomic mass is 9.95. The fraction of sp³-hybridized carbons (Fsp3) is 0.846. The summed E-state index contributed by atoms with van der Waals surface area (Å²) in [5, 5.41) is 9.28. The van der Waals surface area contributed by atoms with Gasteiger partial charge in [0.2, 0.25) is 0 Å². The molecule has 0 spiro atoms. The third kappa shape index (κ3) is 3.62. The van der Waals surface area contributed by atoms with E-state index in [4.69, 9.17) is 4.74 Å². The van der Waals surface area contributed by atoms with Crippen LogP contribution in [-0.2, 0) is 9.53 Å². The maximum absolute atomic E-state index is 12.0. The van der Waals surface area contributed by atoms with Gasteiger partial charge in [0.05, 0.1) is 0 Å². The normalized spacial score (nSPS) is 24.1. The molecule has 1 rings (SSSR count). The standard InChI is InChI=1S/C13H23NO4/c1-5-6-9-7-8-14(10(9)11(15)16)12(17)18-13(2,3)4/h9-10H,5-8H2,1-4H3,(H,15,16)/t9-,10+/m1/s1. The molecule has 5 nitrogen and oxygen atoms in total. The zero-order valence-corrected chi connectivity index (χ0v) is 11.6. The van der Waals surface area contributed by atoms with Crippen LogP contribution in [0, 0.1) is 5.92 Å². The van der Waals surface area contributed by atoms with E-state index in [2.05, 4.69) is 0 Å². The minimum absolute atomic E-state index is 0.0417. The smallest absolute Gasteiger partial charge is 0.411 e. The topological polar surface area (TPSA) is 66.8 Å². The van der Waals surface area contributed by atoms with Crippen molar-refractivity contribution in [3.63, 3.8) is 0 Å². The highest BCUT2D eigenvalue weighted by molar-refractivity contribution is 5.81. The van der Waals surface area contributed by atoms with Gasteiger partial charge in [0.25, 0.3) is 0 Å². The van der Waals surface area contributed by atoms with Crippen LogP contribution in [0.4, 0.5) is 4.79 Å². The molecule has 1 N–H and O–H groups in total. The first kappa shape index (κ1) is 14.8. The molecule has 1 aliphatic heterocycles. The van der Waals surface area contributed by atoms with Crippen molar-refractivity contribution in [2.45, 2.75) is 58.6 Å². The molecule has 0 radical (unpaired) electrons. The average Bonchev–Trinajstić information content (AvgIpc) is 2.59. The number of amides is 1. The predicted molar refractivity (Wildman–Crippen MR) is 67.4 cm³/mol. The number of hydrogen-bond donors (Lipinski definition) is 1. The van der Waals surface area contributed by atoms with Crippen LogP contribution < -0.4 is 0 Å². The van der Waals surface area contributed by atoms with Gasteiger partial charge in [-0.15, -0.1) is 0 Å². The summed E-state index contributed by atoms with van der Waals surface area (Å²) >= 11 is 0. The zero-order chi connectivity index (χ0) is 13.9. The van der Waals surface area contributed by atoms with E-state index < -0.39 is 23.7 Å². The first-order valence-electron chi connectivity index (χ1n) is 6.48. The van der Waals surface area contributed by atoms with Gasteiger partial charge in [-0.25, -0.2) is 9.59 Å². The number of rotatable bonds is 3. The molecule has 0 aromatic rings.